The minimum absolute atomic E-state index is 0.164. The van der Waals surface area contributed by atoms with Crippen LogP contribution in [0.3, 0.4) is 0 Å². The van der Waals surface area contributed by atoms with Gasteiger partial charge in [0, 0.05) is 0 Å². The number of fused-ring (bicyclic) bond motifs is 1. The first-order valence-corrected chi connectivity index (χ1v) is 8.74. The van der Waals surface area contributed by atoms with Gasteiger partial charge < -0.3 is 4.74 Å². The van der Waals surface area contributed by atoms with Crippen LogP contribution in [-0.2, 0) is 0 Å². The number of alkyl halides is 3. The summed E-state index contributed by atoms with van der Waals surface area (Å²) in [7, 11) is 0. The third-order valence-electron chi connectivity index (χ3n) is 5.08. The van der Waals surface area contributed by atoms with E-state index >= 15 is 0 Å². The zero-order chi connectivity index (χ0) is 17.2. The lowest BCUT2D eigenvalue weighted by Gasteiger charge is -2.28. The molecule has 24 heavy (non-hydrogen) atoms. The van der Waals surface area contributed by atoms with E-state index in [0.29, 0.717) is 5.92 Å². The maximum atomic E-state index is 12.3. The highest BCUT2D eigenvalue weighted by molar-refractivity contribution is 5.84. The van der Waals surface area contributed by atoms with Gasteiger partial charge in [0.15, 0.2) is 0 Å². The predicted octanol–water partition coefficient (Wildman–Crippen LogP) is 6.81. The smallest absolute Gasteiger partial charge is 0.406 e. The Morgan fingerprint density at radius 1 is 0.958 bits per heavy atom. The second-order valence-electron chi connectivity index (χ2n) is 6.82. The van der Waals surface area contributed by atoms with Crippen molar-refractivity contribution in [3.05, 3.63) is 42.0 Å². The van der Waals surface area contributed by atoms with Gasteiger partial charge in [0.05, 0.1) is 0 Å². The molecule has 2 aromatic carbocycles. The fourth-order valence-corrected chi connectivity index (χ4v) is 3.89. The van der Waals surface area contributed by atoms with Gasteiger partial charge >= 0.3 is 6.36 Å². The zero-order valence-electron chi connectivity index (χ0n) is 13.9. The lowest BCUT2D eigenvalue weighted by atomic mass is 9.77. The third kappa shape index (κ3) is 4.22. The molecule has 0 spiro atoms. The number of hydrogen-bond donors (Lipinski definition) is 0. The van der Waals surface area contributed by atoms with Gasteiger partial charge in [-0.2, -0.15) is 0 Å². The van der Waals surface area contributed by atoms with Gasteiger partial charge in [-0.25, -0.2) is 0 Å². The quantitative estimate of drug-likeness (QED) is 0.596. The summed E-state index contributed by atoms with van der Waals surface area (Å²) in [6, 6.07) is 10.6. The topological polar surface area (TPSA) is 9.23 Å². The van der Waals surface area contributed by atoms with Gasteiger partial charge in [-0.1, -0.05) is 44.0 Å². The number of benzene rings is 2. The molecule has 0 saturated heterocycles. The lowest BCUT2D eigenvalue weighted by Crippen LogP contribution is -2.17. The standard InChI is InChI=1S/C20H23F3O/c1-2-3-14-4-6-15(7-5-14)16-8-9-18-13-19(24-20(21,22)23)11-10-17(18)12-16/h8-15H,2-7H2,1H3. The van der Waals surface area contributed by atoms with Crippen LogP contribution in [-0.4, -0.2) is 6.36 Å². The Bertz CT molecular complexity index is 685. The van der Waals surface area contributed by atoms with Crippen molar-refractivity contribution in [1.29, 1.82) is 0 Å². The van der Waals surface area contributed by atoms with E-state index in [9.17, 15) is 13.2 Å². The van der Waals surface area contributed by atoms with E-state index in [-0.39, 0.29) is 5.75 Å². The summed E-state index contributed by atoms with van der Waals surface area (Å²) in [5.41, 5.74) is 1.31. The lowest BCUT2D eigenvalue weighted by molar-refractivity contribution is -0.274. The van der Waals surface area contributed by atoms with Crippen molar-refractivity contribution in [2.24, 2.45) is 5.92 Å². The van der Waals surface area contributed by atoms with E-state index in [1.165, 1.54) is 56.2 Å². The average Bonchev–Trinajstić information content (AvgIpc) is 2.54. The molecule has 1 aliphatic rings. The van der Waals surface area contributed by atoms with Gasteiger partial charge in [-0.15, -0.1) is 13.2 Å². The molecular weight excluding hydrogens is 313 g/mol. The number of ether oxygens (including phenoxy) is 1. The highest BCUT2D eigenvalue weighted by atomic mass is 19.4. The van der Waals surface area contributed by atoms with Crippen LogP contribution >= 0.6 is 0 Å². The highest BCUT2D eigenvalue weighted by Gasteiger charge is 2.31. The number of rotatable bonds is 4. The Morgan fingerprint density at radius 3 is 2.29 bits per heavy atom. The third-order valence-corrected chi connectivity index (χ3v) is 5.08. The SMILES string of the molecule is CCCC1CCC(c2ccc3cc(OC(F)(F)F)ccc3c2)CC1. The van der Waals surface area contributed by atoms with Crippen LogP contribution < -0.4 is 4.74 Å². The van der Waals surface area contributed by atoms with Crippen LogP contribution in [0.4, 0.5) is 13.2 Å². The van der Waals surface area contributed by atoms with Crippen molar-refractivity contribution >= 4 is 10.8 Å². The molecule has 0 bridgehead atoms. The molecule has 1 nitrogen and oxygen atoms in total. The first-order chi connectivity index (χ1) is 11.4. The molecule has 0 N–H and O–H groups in total. The van der Waals surface area contributed by atoms with Crippen molar-refractivity contribution in [3.8, 4) is 5.75 Å². The van der Waals surface area contributed by atoms with Crippen LogP contribution in [0.25, 0.3) is 10.8 Å². The molecule has 0 heterocycles. The molecule has 0 aromatic heterocycles. The summed E-state index contributed by atoms with van der Waals surface area (Å²) in [5.74, 6) is 1.28. The largest absolute Gasteiger partial charge is 0.573 e. The first-order valence-electron chi connectivity index (χ1n) is 8.74. The Balaban J connectivity index is 1.74. The first kappa shape index (κ1) is 17.1. The maximum absolute atomic E-state index is 12.3. The van der Waals surface area contributed by atoms with E-state index in [4.69, 9.17) is 0 Å². The normalized spacial score (nSPS) is 21.8. The van der Waals surface area contributed by atoms with Crippen LogP contribution in [0, 0.1) is 5.92 Å². The van der Waals surface area contributed by atoms with Crippen LogP contribution in [0.2, 0.25) is 0 Å². The van der Waals surface area contributed by atoms with Gasteiger partial charge in [0.2, 0.25) is 0 Å². The molecule has 0 unspecified atom stereocenters. The van der Waals surface area contributed by atoms with Crippen LogP contribution in [0.1, 0.15) is 56.9 Å². The average molecular weight is 336 g/mol. The molecule has 0 amide bonds. The minimum atomic E-state index is -4.65. The predicted molar refractivity (Wildman–Crippen MR) is 90.2 cm³/mol. The van der Waals surface area contributed by atoms with E-state index in [0.717, 1.165) is 16.7 Å². The summed E-state index contributed by atoms with van der Waals surface area (Å²) >= 11 is 0. The maximum Gasteiger partial charge on any atom is 0.573 e. The molecule has 1 fully saturated rings. The molecule has 0 aliphatic heterocycles. The molecule has 1 saturated carbocycles. The van der Waals surface area contributed by atoms with Gasteiger partial charge in [-0.3, -0.25) is 0 Å². The Morgan fingerprint density at radius 2 is 1.62 bits per heavy atom. The molecule has 4 heteroatoms. The van der Waals surface area contributed by atoms with E-state index < -0.39 is 6.36 Å². The second kappa shape index (κ2) is 7.04. The summed E-state index contributed by atoms with van der Waals surface area (Å²) < 4.78 is 40.9. The minimum Gasteiger partial charge on any atom is -0.406 e. The van der Waals surface area contributed by atoms with Crippen molar-refractivity contribution in [3.63, 3.8) is 0 Å². The fourth-order valence-electron chi connectivity index (χ4n) is 3.89. The van der Waals surface area contributed by atoms with E-state index in [1.807, 2.05) is 6.07 Å². The van der Waals surface area contributed by atoms with Crippen molar-refractivity contribution < 1.29 is 17.9 Å². The summed E-state index contributed by atoms with van der Waals surface area (Å²) in [6.07, 6.45) is 2.94. The summed E-state index contributed by atoms with van der Waals surface area (Å²) in [4.78, 5) is 0. The summed E-state index contributed by atoms with van der Waals surface area (Å²) in [5, 5.41) is 1.75. The van der Waals surface area contributed by atoms with Crippen LogP contribution in [0.15, 0.2) is 36.4 Å². The summed E-state index contributed by atoms with van der Waals surface area (Å²) in [6.45, 7) is 2.24. The molecule has 1 aliphatic carbocycles. The fraction of sp³-hybridized carbons (Fsp3) is 0.500. The number of hydrogen-bond acceptors (Lipinski definition) is 1. The van der Waals surface area contributed by atoms with Crippen molar-refractivity contribution in [2.75, 3.05) is 0 Å². The number of halogens is 3. The monoisotopic (exact) mass is 336 g/mol. The molecule has 2 aromatic rings. The van der Waals surface area contributed by atoms with Gasteiger partial charge in [0.25, 0.3) is 0 Å². The van der Waals surface area contributed by atoms with Gasteiger partial charge in [-0.05, 0) is 66.0 Å². The van der Waals surface area contributed by atoms with E-state index in [2.05, 4.69) is 23.8 Å². The molecule has 130 valence electrons. The highest BCUT2D eigenvalue weighted by Crippen LogP contribution is 2.38. The van der Waals surface area contributed by atoms with Crippen LogP contribution in [0.5, 0.6) is 5.75 Å². The molecular formula is C20H23F3O. The Kier molecular flexibility index (Phi) is 5.02. The molecule has 0 atom stereocenters. The molecule has 0 radical (unpaired) electrons. The Hall–Kier alpha value is -1.71. The van der Waals surface area contributed by atoms with Crippen molar-refractivity contribution in [2.45, 2.75) is 57.7 Å². The second-order valence-corrected chi connectivity index (χ2v) is 6.82. The zero-order valence-corrected chi connectivity index (χ0v) is 13.9. The molecule has 3 rings (SSSR count). The van der Waals surface area contributed by atoms with Gasteiger partial charge in [0.1, 0.15) is 5.75 Å². The van der Waals surface area contributed by atoms with Crippen molar-refractivity contribution in [1.82, 2.24) is 0 Å². The van der Waals surface area contributed by atoms with E-state index in [1.54, 1.807) is 6.07 Å². The Labute approximate surface area is 140 Å².